The van der Waals surface area contributed by atoms with E-state index in [1.807, 2.05) is 54.6 Å². The lowest BCUT2D eigenvalue weighted by Crippen LogP contribution is -2.14. The Morgan fingerprint density at radius 3 is 2.84 bits per heavy atom. The summed E-state index contributed by atoms with van der Waals surface area (Å²) in [5.74, 6) is 2.23. The summed E-state index contributed by atoms with van der Waals surface area (Å²) < 4.78 is 5.95. The van der Waals surface area contributed by atoms with Crippen molar-refractivity contribution in [1.82, 2.24) is 9.97 Å². The maximum absolute atomic E-state index is 12.8. The minimum atomic E-state index is -0.0939. The Labute approximate surface area is 195 Å². The van der Waals surface area contributed by atoms with Gasteiger partial charge in [0.15, 0.2) is 5.75 Å². The van der Waals surface area contributed by atoms with E-state index in [0.29, 0.717) is 17.4 Å². The standard InChI is InChI=1S/C25H23N3O2S2/c1-16-11-12-18-21(13-16)32-25-23(18)24(26-15-27-25)31-14-22(29)28-19-9-5-6-10-20(19)30-17-7-3-2-4-8-17/h2-10,15-16H,11-14H2,1H3,(H,28,29)/t16-/m0/s1. The number of hydrogen-bond acceptors (Lipinski definition) is 6. The van der Waals surface area contributed by atoms with Gasteiger partial charge >= 0.3 is 0 Å². The fourth-order valence-corrected chi connectivity index (χ4v) is 6.19. The molecule has 0 spiro atoms. The molecule has 0 bridgehead atoms. The van der Waals surface area contributed by atoms with Crippen molar-refractivity contribution < 1.29 is 9.53 Å². The summed E-state index contributed by atoms with van der Waals surface area (Å²) in [5.41, 5.74) is 2.03. The summed E-state index contributed by atoms with van der Waals surface area (Å²) in [7, 11) is 0. The van der Waals surface area contributed by atoms with Crippen LogP contribution in [0.15, 0.2) is 66.0 Å². The van der Waals surface area contributed by atoms with Gasteiger partial charge in [-0.2, -0.15) is 0 Å². The number of benzene rings is 2. The number of fused-ring (bicyclic) bond motifs is 3. The number of aromatic nitrogens is 2. The molecule has 0 aliphatic heterocycles. The summed E-state index contributed by atoms with van der Waals surface area (Å²) in [6.07, 6.45) is 4.97. The number of para-hydroxylation sites is 3. The van der Waals surface area contributed by atoms with Crippen molar-refractivity contribution in [1.29, 1.82) is 0 Å². The summed E-state index contributed by atoms with van der Waals surface area (Å²) in [6.45, 7) is 2.30. The van der Waals surface area contributed by atoms with Gasteiger partial charge in [-0.3, -0.25) is 4.79 Å². The normalized spacial score (nSPS) is 15.3. The first-order valence-electron chi connectivity index (χ1n) is 10.7. The predicted molar refractivity (Wildman–Crippen MR) is 131 cm³/mol. The lowest BCUT2D eigenvalue weighted by molar-refractivity contribution is -0.113. The van der Waals surface area contributed by atoms with Crippen LogP contribution in [-0.4, -0.2) is 21.6 Å². The highest BCUT2D eigenvalue weighted by Crippen LogP contribution is 2.40. The third-order valence-corrected chi connectivity index (χ3v) is 7.68. The number of carbonyl (C=O) groups is 1. The van der Waals surface area contributed by atoms with E-state index in [1.165, 1.54) is 28.6 Å². The molecule has 5 rings (SSSR count). The van der Waals surface area contributed by atoms with Crippen LogP contribution >= 0.6 is 23.1 Å². The molecule has 1 atom stereocenters. The van der Waals surface area contributed by atoms with Crippen LogP contribution in [0.3, 0.4) is 0 Å². The van der Waals surface area contributed by atoms with Gasteiger partial charge in [0, 0.05) is 10.3 Å². The molecule has 32 heavy (non-hydrogen) atoms. The van der Waals surface area contributed by atoms with Gasteiger partial charge in [-0.1, -0.05) is 49.0 Å². The summed E-state index contributed by atoms with van der Waals surface area (Å²) in [5, 5.41) is 5.02. The summed E-state index contributed by atoms with van der Waals surface area (Å²) in [4.78, 5) is 24.2. The number of nitrogens with one attached hydrogen (secondary N) is 1. The van der Waals surface area contributed by atoms with Gasteiger partial charge < -0.3 is 10.1 Å². The number of aryl methyl sites for hydroxylation is 1. The minimum absolute atomic E-state index is 0.0939. The molecule has 2 aromatic carbocycles. The van der Waals surface area contributed by atoms with Gasteiger partial charge in [-0.25, -0.2) is 9.97 Å². The Bertz CT molecular complexity index is 1260. The van der Waals surface area contributed by atoms with Crippen LogP contribution in [-0.2, 0) is 17.6 Å². The zero-order chi connectivity index (χ0) is 21.9. The van der Waals surface area contributed by atoms with Gasteiger partial charge in [0.1, 0.15) is 21.9 Å². The molecule has 4 aromatic rings. The fourth-order valence-electron chi connectivity index (χ4n) is 3.95. The van der Waals surface area contributed by atoms with E-state index in [1.54, 1.807) is 17.7 Å². The average Bonchev–Trinajstić information content (AvgIpc) is 3.18. The van der Waals surface area contributed by atoms with Crippen molar-refractivity contribution in [3.8, 4) is 11.5 Å². The average molecular weight is 462 g/mol. The number of anilines is 1. The van der Waals surface area contributed by atoms with Gasteiger partial charge in [-0.15, -0.1) is 11.3 Å². The van der Waals surface area contributed by atoms with Crippen LogP contribution in [0.4, 0.5) is 5.69 Å². The molecule has 7 heteroatoms. The van der Waals surface area contributed by atoms with Crippen molar-refractivity contribution in [2.45, 2.75) is 31.2 Å². The first-order chi connectivity index (χ1) is 15.7. The van der Waals surface area contributed by atoms with E-state index in [9.17, 15) is 4.79 Å². The minimum Gasteiger partial charge on any atom is -0.455 e. The highest BCUT2D eigenvalue weighted by Gasteiger charge is 2.23. The number of hydrogen-bond donors (Lipinski definition) is 1. The van der Waals surface area contributed by atoms with Crippen molar-refractivity contribution in [3.05, 3.63) is 71.4 Å². The highest BCUT2D eigenvalue weighted by atomic mass is 32.2. The first kappa shape index (κ1) is 21.0. The van der Waals surface area contributed by atoms with E-state index in [2.05, 4.69) is 22.2 Å². The predicted octanol–water partition coefficient (Wildman–Crippen LogP) is 6.34. The second-order valence-electron chi connectivity index (χ2n) is 7.96. The van der Waals surface area contributed by atoms with Crippen molar-refractivity contribution in [3.63, 3.8) is 0 Å². The molecule has 1 aliphatic carbocycles. The molecule has 1 aliphatic rings. The molecule has 2 aromatic heterocycles. The van der Waals surface area contributed by atoms with Crippen LogP contribution < -0.4 is 10.1 Å². The van der Waals surface area contributed by atoms with Crippen molar-refractivity contribution >= 4 is 44.9 Å². The summed E-state index contributed by atoms with van der Waals surface area (Å²) >= 11 is 3.24. The Balaban J connectivity index is 1.30. The number of ether oxygens (including phenoxy) is 1. The quantitative estimate of drug-likeness (QED) is 0.268. The largest absolute Gasteiger partial charge is 0.455 e. The van der Waals surface area contributed by atoms with Crippen LogP contribution in [0.5, 0.6) is 11.5 Å². The molecule has 0 fully saturated rings. The molecule has 1 N–H and O–H groups in total. The second kappa shape index (κ2) is 9.30. The monoisotopic (exact) mass is 461 g/mol. The van der Waals surface area contributed by atoms with Gasteiger partial charge in [-0.05, 0) is 55.0 Å². The van der Waals surface area contributed by atoms with Crippen LogP contribution in [0.1, 0.15) is 23.8 Å². The van der Waals surface area contributed by atoms with Gasteiger partial charge in [0.25, 0.3) is 0 Å². The molecule has 0 radical (unpaired) electrons. The Hall–Kier alpha value is -2.90. The topological polar surface area (TPSA) is 64.1 Å². The Morgan fingerprint density at radius 2 is 1.97 bits per heavy atom. The van der Waals surface area contributed by atoms with Crippen LogP contribution in [0.2, 0.25) is 0 Å². The van der Waals surface area contributed by atoms with Crippen molar-refractivity contribution in [2.24, 2.45) is 5.92 Å². The molecule has 1 amide bonds. The lowest BCUT2D eigenvalue weighted by atomic mass is 9.89. The third-order valence-electron chi connectivity index (χ3n) is 5.53. The van der Waals surface area contributed by atoms with E-state index in [-0.39, 0.29) is 11.7 Å². The highest BCUT2D eigenvalue weighted by molar-refractivity contribution is 8.00. The molecule has 0 unspecified atom stereocenters. The number of nitrogens with zero attached hydrogens (tertiary/aromatic N) is 2. The number of carbonyl (C=O) groups excluding carboxylic acids is 1. The fraction of sp³-hybridized carbons (Fsp3) is 0.240. The molecular formula is C25H23N3O2S2. The number of amides is 1. The number of rotatable bonds is 6. The Morgan fingerprint density at radius 1 is 1.16 bits per heavy atom. The van der Waals surface area contributed by atoms with Gasteiger partial charge in [0.2, 0.25) is 5.91 Å². The van der Waals surface area contributed by atoms with Crippen LogP contribution in [0.25, 0.3) is 10.2 Å². The molecule has 0 saturated heterocycles. The maximum Gasteiger partial charge on any atom is 0.234 e. The SMILES string of the molecule is C[C@H]1CCc2c(sc3ncnc(SCC(=O)Nc4ccccc4Oc4ccccc4)c23)C1. The zero-order valence-electron chi connectivity index (χ0n) is 17.7. The first-order valence-corrected chi connectivity index (χ1v) is 12.5. The van der Waals surface area contributed by atoms with E-state index in [0.717, 1.165) is 33.8 Å². The molecular weight excluding hydrogens is 438 g/mol. The molecule has 2 heterocycles. The van der Waals surface area contributed by atoms with Crippen LogP contribution in [0, 0.1) is 5.92 Å². The number of thiophene rings is 1. The second-order valence-corrected chi connectivity index (χ2v) is 10.0. The van der Waals surface area contributed by atoms with Gasteiger partial charge in [0.05, 0.1) is 11.4 Å². The van der Waals surface area contributed by atoms with E-state index < -0.39 is 0 Å². The molecule has 0 saturated carbocycles. The van der Waals surface area contributed by atoms with E-state index in [4.69, 9.17) is 4.74 Å². The van der Waals surface area contributed by atoms with Crippen molar-refractivity contribution in [2.75, 3.05) is 11.1 Å². The Kier molecular flexibility index (Phi) is 6.10. The molecule has 162 valence electrons. The summed E-state index contributed by atoms with van der Waals surface area (Å²) in [6, 6.07) is 17.0. The third kappa shape index (κ3) is 4.49. The van der Waals surface area contributed by atoms with E-state index >= 15 is 0 Å². The molecule has 5 nitrogen and oxygen atoms in total. The zero-order valence-corrected chi connectivity index (χ0v) is 19.3. The lowest BCUT2D eigenvalue weighted by Gasteiger charge is -2.18. The number of thioether (sulfide) groups is 1. The maximum atomic E-state index is 12.8. The smallest absolute Gasteiger partial charge is 0.234 e.